The summed E-state index contributed by atoms with van der Waals surface area (Å²) >= 11 is 3.35. The maximum atomic E-state index is 12.2. The summed E-state index contributed by atoms with van der Waals surface area (Å²) < 4.78 is 0.756. The number of rotatable bonds is 1. The van der Waals surface area contributed by atoms with Crippen LogP contribution in [0.4, 0.5) is 0 Å². The molecule has 0 radical (unpaired) electrons. The predicted octanol–water partition coefficient (Wildman–Crippen LogP) is 1.28. The lowest BCUT2D eigenvalue weighted by Crippen LogP contribution is -2.51. The van der Waals surface area contributed by atoms with Crippen LogP contribution in [-0.4, -0.2) is 41.5 Å². The number of halogens is 1. The van der Waals surface area contributed by atoms with E-state index >= 15 is 0 Å². The van der Waals surface area contributed by atoms with E-state index in [4.69, 9.17) is 0 Å². The highest BCUT2D eigenvalue weighted by atomic mass is 79.9. The molecule has 1 unspecified atom stereocenters. The van der Waals surface area contributed by atoms with Crippen LogP contribution in [0.5, 0.6) is 0 Å². The van der Waals surface area contributed by atoms with Crippen LogP contribution < -0.4 is 5.32 Å². The van der Waals surface area contributed by atoms with Gasteiger partial charge in [-0.3, -0.25) is 4.79 Å². The molecule has 1 aliphatic heterocycles. The Morgan fingerprint density at radius 3 is 3.19 bits per heavy atom. The van der Waals surface area contributed by atoms with Gasteiger partial charge in [0, 0.05) is 36.3 Å². The third-order valence-electron chi connectivity index (χ3n) is 2.62. The van der Waals surface area contributed by atoms with Crippen molar-refractivity contribution in [2.75, 3.05) is 19.6 Å². The number of piperazine rings is 1. The molecule has 0 bridgehead atoms. The van der Waals surface area contributed by atoms with Crippen molar-refractivity contribution in [2.45, 2.75) is 13.0 Å². The van der Waals surface area contributed by atoms with Gasteiger partial charge in [-0.05, 0) is 35.0 Å². The molecule has 2 heterocycles. The minimum absolute atomic E-state index is 0.000764. The normalized spacial score (nSPS) is 20.9. The minimum atomic E-state index is 0.000764. The Kier molecular flexibility index (Phi) is 3.56. The summed E-state index contributed by atoms with van der Waals surface area (Å²) in [6.45, 7) is 4.40. The van der Waals surface area contributed by atoms with Crippen LogP contribution in [0.2, 0.25) is 0 Å². The molecule has 0 aliphatic carbocycles. The topological polar surface area (TPSA) is 45.2 Å². The van der Waals surface area contributed by atoms with E-state index < -0.39 is 0 Å². The van der Waals surface area contributed by atoms with Crippen molar-refractivity contribution in [3.63, 3.8) is 0 Å². The van der Waals surface area contributed by atoms with Gasteiger partial charge in [-0.2, -0.15) is 0 Å². The SMILES string of the molecule is CC1CN(C(=O)c2ncccc2Br)CCN1. The smallest absolute Gasteiger partial charge is 0.273 e. The first kappa shape index (κ1) is 11.5. The number of hydrogen-bond donors (Lipinski definition) is 1. The van der Waals surface area contributed by atoms with Gasteiger partial charge >= 0.3 is 0 Å². The number of aromatic nitrogens is 1. The predicted molar refractivity (Wildman–Crippen MR) is 65.3 cm³/mol. The fraction of sp³-hybridized carbons (Fsp3) is 0.455. The fourth-order valence-corrected chi connectivity index (χ4v) is 2.23. The van der Waals surface area contributed by atoms with Crippen molar-refractivity contribution in [3.05, 3.63) is 28.5 Å². The lowest BCUT2D eigenvalue weighted by Gasteiger charge is -2.31. The summed E-state index contributed by atoms with van der Waals surface area (Å²) in [5.41, 5.74) is 0.497. The number of pyridine rings is 1. The summed E-state index contributed by atoms with van der Waals surface area (Å²) in [6.07, 6.45) is 1.64. The number of nitrogens with one attached hydrogen (secondary N) is 1. The minimum Gasteiger partial charge on any atom is -0.334 e. The average molecular weight is 284 g/mol. The van der Waals surface area contributed by atoms with Gasteiger partial charge in [-0.25, -0.2) is 4.98 Å². The van der Waals surface area contributed by atoms with Crippen molar-refractivity contribution in [1.82, 2.24) is 15.2 Å². The summed E-state index contributed by atoms with van der Waals surface area (Å²) in [5.74, 6) is 0.000764. The Labute approximate surface area is 103 Å². The molecule has 1 aromatic heterocycles. The van der Waals surface area contributed by atoms with Crippen LogP contribution in [0.15, 0.2) is 22.8 Å². The molecule has 86 valence electrons. The summed E-state index contributed by atoms with van der Waals surface area (Å²) in [5, 5.41) is 3.31. The Morgan fingerprint density at radius 1 is 1.69 bits per heavy atom. The highest BCUT2D eigenvalue weighted by molar-refractivity contribution is 9.10. The number of carbonyl (C=O) groups excluding carboxylic acids is 1. The van der Waals surface area contributed by atoms with Gasteiger partial charge in [0.05, 0.1) is 0 Å². The van der Waals surface area contributed by atoms with Crippen LogP contribution in [-0.2, 0) is 0 Å². The molecule has 4 nitrogen and oxygen atoms in total. The zero-order valence-electron chi connectivity index (χ0n) is 9.11. The van der Waals surface area contributed by atoms with Crippen molar-refractivity contribution < 1.29 is 4.79 Å². The molecule has 0 saturated carbocycles. The van der Waals surface area contributed by atoms with E-state index in [2.05, 4.69) is 33.2 Å². The molecule has 1 atom stereocenters. The number of amides is 1. The number of hydrogen-bond acceptors (Lipinski definition) is 3. The van der Waals surface area contributed by atoms with Crippen LogP contribution in [0.1, 0.15) is 17.4 Å². The van der Waals surface area contributed by atoms with Crippen LogP contribution in [0.3, 0.4) is 0 Å². The van der Waals surface area contributed by atoms with E-state index in [0.29, 0.717) is 11.7 Å². The summed E-state index contributed by atoms with van der Waals surface area (Å²) in [7, 11) is 0. The standard InChI is InChI=1S/C11H14BrN3O/c1-8-7-15(6-5-13-8)11(16)10-9(12)3-2-4-14-10/h2-4,8,13H,5-7H2,1H3. The van der Waals surface area contributed by atoms with Crippen molar-refractivity contribution >= 4 is 21.8 Å². The fourth-order valence-electron chi connectivity index (χ4n) is 1.81. The van der Waals surface area contributed by atoms with E-state index in [1.54, 1.807) is 12.3 Å². The quantitative estimate of drug-likeness (QED) is 0.845. The third kappa shape index (κ3) is 2.41. The molecule has 1 amide bonds. The molecule has 0 aromatic carbocycles. The van der Waals surface area contributed by atoms with E-state index in [-0.39, 0.29) is 5.91 Å². The maximum Gasteiger partial charge on any atom is 0.273 e. The number of nitrogens with zero attached hydrogens (tertiary/aromatic N) is 2. The molecule has 0 spiro atoms. The molecule has 1 saturated heterocycles. The Morgan fingerprint density at radius 2 is 2.50 bits per heavy atom. The zero-order valence-corrected chi connectivity index (χ0v) is 10.7. The van der Waals surface area contributed by atoms with E-state index in [9.17, 15) is 4.79 Å². The first-order valence-electron chi connectivity index (χ1n) is 5.31. The molecule has 1 aliphatic rings. The second kappa shape index (κ2) is 4.93. The largest absolute Gasteiger partial charge is 0.334 e. The number of carbonyl (C=O) groups is 1. The molecule has 1 aromatic rings. The van der Waals surface area contributed by atoms with Gasteiger partial charge in [0.15, 0.2) is 0 Å². The Balaban J connectivity index is 2.16. The van der Waals surface area contributed by atoms with E-state index in [1.807, 2.05) is 11.0 Å². The molecule has 1 fully saturated rings. The first-order chi connectivity index (χ1) is 7.68. The van der Waals surface area contributed by atoms with Crippen LogP contribution >= 0.6 is 15.9 Å². The Bertz CT molecular complexity index is 397. The van der Waals surface area contributed by atoms with Crippen LogP contribution in [0, 0.1) is 0 Å². The first-order valence-corrected chi connectivity index (χ1v) is 6.11. The molecule has 2 rings (SSSR count). The van der Waals surface area contributed by atoms with Gasteiger partial charge in [0.25, 0.3) is 5.91 Å². The second-order valence-corrected chi connectivity index (χ2v) is 4.79. The van der Waals surface area contributed by atoms with Crippen LogP contribution in [0.25, 0.3) is 0 Å². The summed E-state index contributed by atoms with van der Waals surface area (Å²) in [6, 6.07) is 3.99. The Hall–Kier alpha value is -0.940. The van der Waals surface area contributed by atoms with Gasteiger partial charge in [0.1, 0.15) is 5.69 Å². The van der Waals surface area contributed by atoms with E-state index in [0.717, 1.165) is 24.1 Å². The lowest BCUT2D eigenvalue weighted by atomic mass is 10.2. The highest BCUT2D eigenvalue weighted by Crippen LogP contribution is 2.16. The maximum absolute atomic E-state index is 12.2. The molecular weight excluding hydrogens is 270 g/mol. The highest BCUT2D eigenvalue weighted by Gasteiger charge is 2.23. The average Bonchev–Trinajstić information content (AvgIpc) is 2.29. The lowest BCUT2D eigenvalue weighted by molar-refractivity contribution is 0.0702. The third-order valence-corrected chi connectivity index (χ3v) is 3.26. The molecule has 16 heavy (non-hydrogen) atoms. The van der Waals surface area contributed by atoms with Crippen molar-refractivity contribution in [2.24, 2.45) is 0 Å². The van der Waals surface area contributed by atoms with E-state index in [1.165, 1.54) is 0 Å². The molecule has 1 N–H and O–H groups in total. The van der Waals surface area contributed by atoms with Gasteiger partial charge in [-0.15, -0.1) is 0 Å². The zero-order chi connectivity index (χ0) is 11.5. The second-order valence-electron chi connectivity index (χ2n) is 3.94. The van der Waals surface area contributed by atoms with Crippen molar-refractivity contribution in [3.8, 4) is 0 Å². The summed E-state index contributed by atoms with van der Waals surface area (Å²) in [4.78, 5) is 18.1. The monoisotopic (exact) mass is 283 g/mol. The van der Waals surface area contributed by atoms with Gasteiger partial charge in [0.2, 0.25) is 0 Å². The van der Waals surface area contributed by atoms with Gasteiger partial charge < -0.3 is 10.2 Å². The van der Waals surface area contributed by atoms with Crippen molar-refractivity contribution in [1.29, 1.82) is 0 Å². The molecular formula is C11H14BrN3O. The molecule has 5 heteroatoms. The van der Waals surface area contributed by atoms with Gasteiger partial charge in [-0.1, -0.05) is 0 Å².